The molecule has 2 aromatic carbocycles. The van der Waals surface area contributed by atoms with Crippen LogP contribution in [0.4, 0.5) is 0 Å². The van der Waals surface area contributed by atoms with Gasteiger partial charge in [0.2, 0.25) is 0 Å². The lowest BCUT2D eigenvalue weighted by Gasteiger charge is -2.07. The molecule has 0 atom stereocenters. The summed E-state index contributed by atoms with van der Waals surface area (Å²) in [7, 11) is 3.04. The summed E-state index contributed by atoms with van der Waals surface area (Å²) >= 11 is 0. The van der Waals surface area contributed by atoms with Gasteiger partial charge < -0.3 is 14.2 Å². The highest BCUT2D eigenvalue weighted by molar-refractivity contribution is 5.81. The molecular formula is C19H22O5. The van der Waals surface area contributed by atoms with Crippen LogP contribution in [0.3, 0.4) is 0 Å². The van der Waals surface area contributed by atoms with E-state index < -0.39 is 0 Å². The van der Waals surface area contributed by atoms with Crippen molar-refractivity contribution in [1.29, 1.82) is 0 Å². The van der Waals surface area contributed by atoms with Crippen LogP contribution in [0, 0.1) is 0 Å². The zero-order chi connectivity index (χ0) is 17.8. The van der Waals surface area contributed by atoms with E-state index in [1.807, 2.05) is 0 Å². The third-order valence-corrected chi connectivity index (χ3v) is 3.05. The van der Waals surface area contributed by atoms with Crippen molar-refractivity contribution in [3.8, 4) is 17.2 Å². The van der Waals surface area contributed by atoms with Crippen LogP contribution in [0.5, 0.6) is 17.2 Å². The maximum atomic E-state index is 10.5. The summed E-state index contributed by atoms with van der Waals surface area (Å²) in [6, 6.07) is 12.3. The van der Waals surface area contributed by atoms with Crippen molar-refractivity contribution in [3.05, 3.63) is 53.6 Å². The van der Waals surface area contributed by atoms with Crippen LogP contribution < -0.4 is 14.2 Å². The van der Waals surface area contributed by atoms with Gasteiger partial charge in [0.15, 0.2) is 17.8 Å². The van der Waals surface area contributed by atoms with Gasteiger partial charge in [-0.25, -0.2) is 0 Å². The predicted molar refractivity (Wildman–Crippen MR) is 92.5 cm³/mol. The van der Waals surface area contributed by atoms with Crippen molar-refractivity contribution < 1.29 is 23.8 Å². The molecule has 5 nitrogen and oxygen atoms in total. The Hall–Kier alpha value is -2.82. The maximum absolute atomic E-state index is 10.5. The molecule has 0 bridgehead atoms. The average Bonchev–Trinajstić information content (AvgIpc) is 2.66. The number of benzene rings is 2. The predicted octanol–water partition coefficient (Wildman–Crippen LogP) is 3.80. The summed E-state index contributed by atoms with van der Waals surface area (Å²) in [6.45, 7) is 2.78. The largest absolute Gasteiger partial charge is 0.494 e. The lowest BCUT2D eigenvalue weighted by Crippen LogP contribution is -1.94. The van der Waals surface area contributed by atoms with E-state index in [1.54, 1.807) is 42.5 Å². The van der Waals surface area contributed by atoms with Crippen molar-refractivity contribution in [1.82, 2.24) is 0 Å². The van der Waals surface area contributed by atoms with Gasteiger partial charge in [-0.2, -0.15) is 0 Å². The fraction of sp³-hybridized carbons (Fsp3) is 0.263. The first-order chi connectivity index (χ1) is 11.7. The third kappa shape index (κ3) is 5.76. The first-order valence-corrected chi connectivity index (χ1v) is 7.54. The van der Waals surface area contributed by atoms with Gasteiger partial charge in [0.25, 0.3) is 0 Å². The van der Waals surface area contributed by atoms with Crippen molar-refractivity contribution in [2.75, 3.05) is 20.8 Å². The van der Waals surface area contributed by atoms with Gasteiger partial charge in [-0.3, -0.25) is 9.59 Å². The SMILES string of the molecule is CCCOc1ccc(C=O)cc1.COc1cccc(C=O)c1OC. The number of hydrogen-bond donors (Lipinski definition) is 0. The second kappa shape index (κ2) is 10.8. The smallest absolute Gasteiger partial charge is 0.171 e. The summed E-state index contributed by atoms with van der Waals surface area (Å²) in [5, 5.41) is 0. The van der Waals surface area contributed by atoms with Gasteiger partial charge in [0.05, 0.1) is 26.4 Å². The van der Waals surface area contributed by atoms with E-state index in [-0.39, 0.29) is 0 Å². The molecule has 0 aliphatic heterocycles. The summed E-state index contributed by atoms with van der Waals surface area (Å²) in [4.78, 5) is 20.8. The molecule has 5 heteroatoms. The van der Waals surface area contributed by atoms with Gasteiger partial charge >= 0.3 is 0 Å². The molecule has 0 spiro atoms. The molecule has 0 heterocycles. The van der Waals surface area contributed by atoms with Gasteiger partial charge in [0.1, 0.15) is 12.0 Å². The Kier molecular flexibility index (Phi) is 8.68. The van der Waals surface area contributed by atoms with Crippen LogP contribution in [-0.2, 0) is 0 Å². The molecule has 2 aromatic rings. The lowest BCUT2D eigenvalue weighted by atomic mass is 10.2. The fourth-order valence-corrected chi connectivity index (χ4v) is 1.87. The number of hydrogen-bond acceptors (Lipinski definition) is 5. The van der Waals surface area contributed by atoms with Crippen LogP contribution in [-0.4, -0.2) is 33.4 Å². The number of para-hydroxylation sites is 1. The molecule has 0 N–H and O–H groups in total. The first-order valence-electron chi connectivity index (χ1n) is 7.54. The summed E-state index contributed by atoms with van der Waals surface area (Å²) in [5.74, 6) is 1.87. The third-order valence-electron chi connectivity index (χ3n) is 3.05. The lowest BCUT2D eigenvalue weighted by molar-refractivity contribution is 0.111. The zero-order valence-corrected chi connectivity index (χ0v) is 14.2. The highest BCUT2D eigenvalue weighted by Gasteiger charge is 2.07. The Morgan fingerprint density at radius 2 is 1.62 bits per heavy atom. The summed E-state index contributed by atoms with van der Waals surface area (Å²) < 4.78 is 15.3. The van der Waals surface area contributed by atoms with Crippen LogP contribution in [0.2, 0.25) is 0 Å². The summed E-state index contributed by atoms with van der Waals surface area (Å²) in [6.07, 6.45) is 2.56. The van der Waals surface area contributed by atoms with Crippen LogP contribution in [0.15, 0.2) is 42.5 Å². The van der Waals surface area contributed by atoms with Crippen molar-refractivity contribution in [2.45, 2.75) is 13.3 Å². The first kappa shape index (κ1) is 19.2. The molecule has 0 saturated carbocycles. The molecule has 0 aliphatic carbocycles. The molecule has 0 unspecified atom stereocenters. The zero-order valence-electron chi connectivity index (χ0n) is 14.2. The second-order valence-electron chi connectivity index (χ2n) is 4.74. The normalized spacial score (nSPS) is 9.29. The molecule has 24 heavy (non-hydrogen) atoms. The molecule has 128 valence electrons. The van der Waals surface area contributed by atoms with Gasteiger partial charge in [-0.1, -0.05) is 13.0 Å². The van der Waals surface area contributed by atoms with E-state index in [2.05, 4.69) is 6.92 Å². The minimum absolute atomic E-state index is 0.481. The average molecular weight is 330 g/mol. The highest BCUT2D eigenvalue weighted by Crippen LogP contribution is 2.29. The van der Waals surface area contributed by atoms with E-state index in [0.29, 0.717) is 22.6 Å². The quantitative estimate of drug-likeness (QED) is 0.723. The maximum Gasteiger partial charge on any atom is 0.171 e. The molecule has 0 fully saturated rings. The minimum atomic E-state index is 0.481. The van der Waals surface area contributed by atoms with Crippen LogP contribution in [0.1, 0.15) is 34.1 Å². The molecule has 0 aromatic heterocycles. The van der Waals surface area contributed by atoms with Crippen molar-refractivity contribution in [2.24, 2.45) is 0 Å². The van der Waals surface area contributed by atoms with E-state index in [4.69, 9.17) is 14.2 Å². The number of rotatable bonds is 7. The Bertz CT molecular complexity index is 635. The van der Waals surface area contributed by atoms with E-state index in [0.717, 1.165) is 31.3 Å². The number of aldehydes is 2. The van der Waals surface area contributed by atoms with Crippen LogP contribution in [0.25, 0.3) is 0 Å². The molecule has 0 saturated heterocycles. The molecule has 0 radical (unpaired) electrons. The number of carbonyl (C=O) groups is 2. The molecular weight excluding hydrogens is 308 g/mol. The Morgan fingerprint density at radius 1 is 0.917 bits per heavy atom. The second-order valence-corrected chi connectivity index (χ2v) is 4.74. The van der Waals surface area contributed by atoms with E-state index >= 15 is 0 Å². The minimum Gasteiger partial charge on any atom is -0.494 e. The van der Waals surface area contributed by atoms with Crippen molar-refractivity contribution >= 4 is 12.6 Å². The molecule has 0 amide bonds. The Morgan fingerprint density at radius 3 is 2.12 bits per heavy atom. The van der Waals surface area contributed by atoms with Gasteiger partial charge in [-0.15, -0.1) is 0 Å². The standard InChI is InChI=1S/C10H12O2.C9H10O3/c1-2-7-12-10-5-3-9(8-11)4-6-10;1-11-8-5-3-4-7(6-10)9(8)12-2/h3-6,8H,2,7H2,1H3;3-6H,1-2H3. The Labute approximate surface area is 142 Å². The van der Waals surface area contributed by atoms with E-state index in [9.17, 15) is 9.59 Å². The van der Waals surface area contributed by atoms with Gasteiger partial charge in [-0.05, 0) is 42.8 Å². The molecule has 2 rings (SSSR count). The molecule has 0 aliphatic rings. The summed E-state index contributed by atoms with van der Waals surface area (Å²) in [5.41, 5.74) is 1.18. The monoisotopic (exact) mass is 330 g/mol. The highest BCUT2D eigenvalue weighted by atomic mass is 16.5. The Balaban J connectivity index is 0.000000240. The number of carbonyl (C=O) groups excluding carboxylic acids is 2. The van der Waals surface area contributed by atoms with E-state index in [1.165, 1.54) is 14.2 Å². The van der Waals surface area contributed by atoms with Gasteiger partial charge in [0, 0.05) is 5.56 Å². The fourth-order valence-electron chi connectivity index (χ4n) is 1.87. The number of methoxy groups -OCH3 is 2. The number of ether oxygens (including phenoxy) is 3. The topological polar surface area (TPSA) is 61.8 Å². The van der Waals surface area contributed by atoms with Crippen molar-refractivity contribution in [3.63, 3.8) is 0 Å². The van der Waals surface area contributed by atoms with Crippen LogP contribution >= 0.6 is 0 Å².